The van der Waals surface area contributed by atoms with Gasteiger partial charge in [0.25, 0.3) is 5.91 Å². The molecule has 0 aliphatic heterocycles. The van der Waals surface area contributed by atoms with Gasteiger partial charge in [0.2, 0.25) is 4.84 Å². The van der Waals surface area contributed by atoms with E-state index >= 15 is 0 Å². The predicted molar refractivity (Wildman–Crippen MR) is 98.0 cm³/mol. The zero-order chi connectivity index (χ0) is 18.7. The van der Waals surface area contributed by atoms with Gasteiger partial charge in [-0.15, -0.1) is 0 Å². The molecule has 0 saturated heterocycles. The number of fused-ring (bicyclic) bond motifs is 1. The van der Waals surface area contributed by atoms with Gasteiger partial charge in [-0.2, -0.15) is 0 Å². The van der Waals surface area contributed by atoms with E-state index in [1.54, 1.807) is 6.07 Å². The van der Waals surface area contributed by atoms with Crippen molar-refractivity contribution in [2.24, 2.45) is 0 Å². The molecular weight excluding hydrogens is 381 g/mol. The minimum absolute atomic E-state index is 0.0469. The lowest BCUT2D eigenvalue weighted by molar-refractivity contribution is -0.132. The maximum Gasteiger partial charge on any atom is 0.349 e. The molecular formula is C18H17Cl2NO5. The highest BCUT2D eigenvalue weighted by Crippen LogP contribution is 2.22. The van der Waals surface area contributed by atoms with E-state index < -0.39 is 22.3 Å². The first-order chi connectivity index (χ1) is 12.4. The molecule has 0 radical (unpaired) electrons. The van der Waals surface area contributed by atoms with Gasteiger partial charge in [-0.05, 0) is 31.0 Å². The van der Waals surface area contributed by atoms with Gasteiger partial charge in [0.05, 0.1) is 0 Å². The molecule has 8 heteroatoms. The third-order valence-electron chi connectivity index (χ3n) is 4.29. The van der Waals surface area contributed by atoms with Crippen LogP contribution in [0.5, 0.6) is 5.75 Å². The minimum Gasteiger partial charge on any atom is -0.424 e. The molecule has 1 saturated carbocycles. The molecule has 1 aromatic carbocycles. The Bertz CT molecular complexity index is 887. The lowest BCUT2D eigenvalue weighted by atomic mass is 9.95. The zero-order valence-electron chi connectivity index (χ0n) is 13.8. The van der Waals surface area contributed by atoms with Gasteiger partial charge < -0.3 is 14.5 Å². The van der Waals surface area contributed by atoms with Crippen molar-refractivity contribution in [1.82, 2.24) is 5.32 Å². The van der Waals surface area contributed by atoms with Crippen molar-refractivity contribution < 1.29 is 18.7 Å². The summed E-state index contributed by atoms with van der Waals surface area (Å²) in [4.78, 5) is 34.7. The number of nitrogens with one attached hydrogen (secondary N) is 1. The van der Waals surface area contributed by atoms with E-state index in [0.717, 1.165) is 25.7 Å². The SMILES string of the molecule is O=C(NC1CCCCC1)c1cc2ccc(OC(=O)C(Cl)Cl)cc2oc1=O. The lowest BCUT2D eigenvalue weighted by Gasteiger charge is -2.22. The van der Waals surface area contributed by atoms with Gasteiger partial charge in [0.15, 0.2) is 0 Å². The van der Waals surface area contributed by atoms with E-state index in [0.29, 0.717) is 5.39 Å². The summed E-state index contributed by atoms with van der Waals surface area (Å²) in [5.41, 5.74) is -0.605. The van der Waals surface area contributed by atoms with E-state index in [4.69, 9.17) is 32.4 Å². The number of halogens is 2. The number of amides is 1. The van der Waals surface area contributed by atoms with Crippen LogP contribution in [0.15, 0.2) is 33.5 Å². The Morgan fingerprint density at radius 2 is 1.88 bits per heavy atom. The number of rotatable bonds is 4. The first-order valence-electron chi connectivity index (χ1n) is 8.32. The molecule has 3 rings (SSSR count). The Labute approximate surface area is 159 Å². The summed E-state index contributed by atoms with van der Waals surface area (Å²) < 4.78 is 10.2. The zero-order valence-corrected chi connectivity index (χ0v) is 15.3. The molecule has 1 aliphatic carbocycles. The Kier molecular flexibility index (Phi) is 5.84. The van der Waals surface area contributed by atoms with Crippen LogP contribution in [-0.2, 0) is 4.79 Å². The van der Waals surface area contributed by atoms with Crippen LogP contribution in [0, 0.1) is 0 Å². The molecule has 1 amide bonds. The van der Waals surface area contributed by atoms with Crippen molar-refractivity contribution in [3.8, 4) is 5.75 Å². The van der Waals surface area contributed by atoms with Crippen LogP contribution in [0.3, 0.4) is 0 Å². The highest BCUT2D eigenvalue weighted by atomic mass is 35.5. The number of ether oxygens (including phenoxy) is 1. The van der Waals surface area contributed by atoms with Crippen LogP contribution in [0.25, 0.3) is 11.0 Å². The van der Waals surface area contributed by atoms with Crippen LogP contribution < -0.4 is 15.7 Å². The molecule has 1 aliphatic rings. The molecule has 0 unspecified atom stereocenters. The summed E-state index contributed by atoms with van der Waals surface area (Å²) in [6, 6.07) is 6.01. The number of benzene rings is 1. The molecule has 1 N–H and O–H groups in total. The Hall–Kier alpha value is -2.05. The van der Waals surface area contributed by atoms with Crippen LogP contribution in [0.2, 0.25) is 0 Å². The van der Waals surface area contributed by atoms with Crippen LogP contribution in [-0.4, -0.2) is 22.8 Å². The van der Waals surface area contributed by atoms with Crippen molar-refractivity contribution in [3.05, 3.63) is 40.2 Å². The molecule has 2 aromatic rings. The number of alkyl halides is 2. The van der Waals surface area contributed by atoms with Crippen molar-refractivity contribution in [1.29, 1.82) is 0 Å². The summed E-state index contributed by atoms with van der Waals surface area (Å²) >= 11 is 10.9. The average molecular weight is 398 g/mol. The van der Waals surface area contributed by atoms with Crippen molar-refractivity contribution in [3.63, 3.8) is 0 Å². The fourth-order valence-corrected chi connectivity index (χ4v) is 3.07. The molecule has 26 heavy (non-hydrogen) atoms. The second-order valence-corrected chi connectivity index (χ2v) is 7.27. The van der Waals surface area contributed by atoms with Gasteiger partial charge in [0, 0.05) is 17.5 Å². The van der Waals surface area contributed by atoms with Crippen LogP contribution >= 0.6 is 23.2 Å². The molecule has 1 aromatic heterocycles. The summed E-state index contributed by atoms with van der Waals surface area (Å²) in [6.07, 6.45) is 5.16. The van der Waals surface area contributed by atoms with E-state index in [1.165, 1.54) is 24.6 Å². The number of carbonyl (C=O) groups is 2. The quantitative estimate of drug-likeness (QED) is 0.368. The standard InChI is InChI=1S/C18H17Cl2NO5/c19-15(20)18(24)25-12-7-6-10-8-13(17(23)26-14(10)9-12)16(22)21-11-4-2-1-3-5-11/h6-9,11,15H,1-5H2,(H,21,22). The summed E-state index contributed by atoms with van der Waals surface area (Å²) in [5.74, 6) is -1.13. The fraction of sp³-hybridized carbons (Fsp3) is 0.389. The van der Waals surface area contributed by atoms with E-state index in [2.05, 4.69) is 5.32 Å². The van der Waals surface area contributed by atoms with Gasteiger partial charge in [-0.3, -0.25) is 4.79 Å². The van der Waals surface area contributed by atoms with Gasteiger partial charge in [-0.1, -0.05) is 42.5 Å². The number of hydrogen-bond donors (Lipinski definition) is 1. The monoisotopic (exact) mass is 397 g/mol. The van der Waals surface area contributed by atoms with Gasteiger partial charge in [0.1, 0.15) is 16.9 Å². The average Bonchev–Trinajstić information content (AvgIpc) is 2.61. The number of esters is 1. The van der Waals surface area contributed by atoms with Crippen molar-refractivity contribution >= 4 is 46.0 Å². The largest absolute Gasteiger partial charge is 0.424 e. The summed E-state index contributed by atoms with van der Waals surface area (Å²) in [7, 11) is 0. The van der Waals surface area contributed by atoms with Gasteiger partial charge in [-0.25, -0.2) is 9.59 Å². The lowest BCUT2D eigenvalue weighted by Crippen LogP contribution is -2.38. The van der Waals surface area contributed by atoms with E-state index in [-0.39, 0.29) is 22.9 Å². The Balaban J connectivity index is 1.82. The number of carbonyl (C=O) groups excluding carboxylic acids is 2. The van der Waals surface area contributed by atoms with Crippen molar-refractivity contribution in [2.45, 2.75) is 43.0 Å². The first-order valence-corrected chi connectivity index (χ1v) is 9.20. The topological polar surface area (TPSA) is 85.6 Å². The van der Waals surface area contributed by atoms with Gasteiger partial charge >= 0.3 is 11.6 Å². The molecule has 0 atom stereocenters. The van der Waals surface area contributed by atoms with Crippen LogP contribution in [0.1, 0.15) is 42.5 Å². The maximum absolute atomic E-state index is 12.4. The van der Waals surface area contributed by atoms with E-state index in [1.807, 2.05) is 0 Å². The third kappa shape index (κ3) is 4.37. The summed E-state index contributed by atoms with van der Waals surface area (Å²) in [5, 5.41) is 3.43. The van der Waals surface area contributed by atoms with Crippen molar-refractivity contribution in [2.75, 3.05) is 0 Å². The highest BCUT2D eigenvalue weighted by Gasteiger charge is 2.20. The maximum atomic E-state index is 12.4. The highest BCUT2D eigenvalue weighted by molar-refractivity contribution is 6.53. The molecule has 0 bridgehead atoms. The normalized spacial score (nSPS) is 15.2. The molecule has 1 fully saturated rings. The Morgan fingerprint density at radius 1 is 1.15 bits per heavy atom. The second kappa shape index (κ2) is 8.10. The summed E-state index contributed by atoms with van der Waals surface area (Å²) in [6.45, 7) is 0. The molecule has 138 valence electrons. The fourth-order valence-electron chi connectivity index (χ4n) is 2.98. The molecule has 6 nitrogen and oxygen atoms in total. The van der Waals surface area contributed by atoms with Crippen LogP contribution in [0.4, 0.5) is 0 Å². The molecule has 0 spiro atoms. The predicted octanol–water partition coefficient (Wildman–Crippen LogP) is 3.56. The first kappa shape index (κ1) is 18.7. The second-order valence-electron chi connectivity index (χ2n) is 6.18. The smallest absolute Gasteiger partial charge is 0.349 e. The minimum atomic E-state index is -1.32. The van der Waals surface area contributed by atoms with E-state index in [9.17, 15) is 14.4 Å². The Morgan fingerprint density at radius 3 is 2.58 bits per heavy atom. The third-order valence-corrected chi connectivity index (χ3v) is 4.65. The molecule has 1 heterocycles. The number of hydrogen-bond acceptors (Lipinski definition) is 5.